The lowest BCUT2D eigenvalue weighted by atomic mass is 9.53. The van der Waals surface area contributed by atoms with E-state index in [1.54, 1.807) is 28.8 Å². The minimum atomic E-state index is -1.51. The Labute approximate surface area is 177 Å². The zero-order valence-corrected chi connectivity index (χ0v) is 16.9. The summed E-state index contributed by atoms with van der Waals surface area (Å²) in [5, 5.41) is 3.34. The maximum absolute atomic E-state index is 13.9. The number of carbonyl (C=O) groups is 1. The summed E-state index contributed by atoms with van der Waals surface area (Å²) in [6, 6.07) is 7.22. The molecule has 4 aliphatic rings. The number of carbonyl (C=O) groups excluding carboxylic acids is 1. The lowest BCUT2D eigenvalue weighted by molar-refractivity contribution is -0.498. The second-order valence-corrected chi connectivity index (χ2v) is 9.71. The van der Waals surface area contributed by atoms with Crippen LogP contribution in [-0.4, -0.2) is 16.4 Å². The summed E-state index contributed by atoms with van der Waals surface area (Å²) in [6.07, 6.45) is 8.63. The molecule has 2 N–H and O–H groups in total. The number of H-pyrrole nitrogens is 1. The average Bonchev–Trinajstić information content (AvgIpc) is 3.10. The molecule has 4 fully saturated rings. The summed E-state index contributed by atoms with van der Waals surface area (Å²) < 4.78 is 42.8. The van der Waals surface area contributed by atoms with Crippen molar-refractivity contribution in [2.75, 3.05) is 0 Å². The standard InChI is InChI=1S/C24H22F3N3O/c25-17-8-16(9-18(26)20(17)27)22-28-21(19-3-1-2-4-30(19)22)23(31)29-24-10-13-5-14(11-24)7-15(6-13)12-24/h1-4,8-9,13-15H,5-7,10-12H2,(H,29,31)/p+1. The van der Waals surface area contributed by atoms with Gasteiger partial charge in [-0.05, 0) is 80.5 Å². The molecule has 4 bridgehead atoms. The molecule has 3 aromatic rings. The van der Waals surface area contributed by atoms with E-state index in [4.69, 9.17) is 0 Å². The predicted octanol–water partition coefficient (Wildman–Crippen LogP) is 4.54. The molecule has 0 radical (unpaired) electrons. The molecule has 2 aromatic heterocycles. The van der Waals surface area contributed by atoms with E-state index >= 15 is 0 Å². The van der Waals surface area contributed by atoms with Gasteiger partial charge in [-0.3, -0.25) is 4.79 Å². The van der Waals surface area contributed by atoms with E-state index in [-0.39, 0.29) is 17.0 Å². The molecule has 160 valence electrons. The third-order valence-electron chi connectivity index (χ3n) is 7.50. The molecular weight excluding hydrogens is 403 g/mol. The van der Waals surface area contributed by atoms with E-state index in [2.05, 4.69) is 10.3 Å². The summed E-state index contributed by atoms with van der Waals surface area (Å²) in [5.41, 5.74) is 0.921. The topological polar surface area (TPSA) is 49.0 Å². The number of pyridine rings is 1. The van der Waals surface area contributed by atoms with E-state index in [0.29, 0.717) is 34.8 Å². The van der Waals surface area contributed by atoms with Crippen molar-refractivity contribution in [1.82, 2.24) is 10.3 Å². The maximum Gasteiger partial charge on any atom is 0.296 e. The fourth-order valence-corrected chi connectivity index (χ4v) is 6.73. The largest absolute Gasteiger partial charge is 0.343 e. The van der Waals surface area contributed by atoms with Gasteiger partial charge in [-0.1, -0.05) is 6.07 Å². The smallest absolute Gasteiger partial charge is 0.296 e. The van der Waals surface area contributed by atoms with Crippen LogP contribution < -0.4 is 9.72 Å². The first-order valence-electron chi connectivity index (χ1n) is 10.9. The lowest BCUT2D eigenvalue weighted by Gasteiger charge is -2.56. The van der Waals surface area contributed by atoms with Gasteiger partial charge in [-0.2, -0.15) is 4.40 Å². The molecule has 1 amide bonds. The van der Waals surface area contributed by atoms with Crippen molar-refractivity contribution in [2.45, 2.75) is 44.1 Å². The van der Waals surface area contributed by atoms with E-state index in [0.717, 1.165) is 31.4 Å². The Morgan fingerprint density at radius 2 is 1.61 bits per heavy atom. The summed E-state index contributed by atoms with van der Waals surface area (Å²) in [7, 11) is 0. The van der Waals surface area contributed by atoms with Gasteiger partial charge >= 0.3 is 0 Å². The highest BCUT2D eigenvalue weighted by Crippen LogP contribution is 2.55. The minimum absolute atomic E-state index is 0.131. The molecule has 0 unspecified atom stereocenters. The van der Waals surface area contributed by atoms with Crippen molar-refractivity contribution in [3.8, 4) is 11.4 Å². The monoisotopic (exact) mass is 426 g/mol. The third kappa shape index (κ3) is 2.97. The molecule has 0 spiro atoms. The van der Waals surface area contributed by atoms with Crippen LogP contribution in [0.1, 0.15) is 49.0 Å². The van der Waals surface area contributed by atoms with Crippen molar-refractivity contribution >= 4 is 11.4 Å². The van der Waals surface area contributed by atoms with Crippen molar-refractivity contribution in [2.24, 2.45) is 17.8 Å². The number of imidazole rings is 1. The van der Waals surface area contributed by atoms with Gasteiger partial charge in [0.1, 0.15) is 0 Å². The highest BCUT2D eigenvalue weighted by Gasteiger charge is 2.52. The molecule has 7 heteroatoms. The number of amides is 1. The van der Waals surface area contributed by atoms with Crippen LogP contribution >= 0.6 is 0 Å². The van der Waals surface area contributed by atoms with Crippen molar-refractivity contribution in [3.05, 3.63) is 59.7 Å². The minimum Gasteiger partial charge on any atom is -0.343 e. The molecule has 0 atom stereocenters. The zero-order chi connectivity index (χ0) is 21.3. The van der Waals surface area contributed by atoms with Crippen LogP contribution in [0.4, 0.5) is 13.2 Å². The highest BCUT2D eigenvalue weighted by molar-refractivity contribution is 5.99. The molecule has 4 nitrogen and oxygen atoms in total. The number of rotatable bonds is 3. The zero-order valence-electron chi connectivity index (χ0n) is 16.9. The normalized spacial score (nSPS) is 28.9. The fourth-order valence-electron chi connectivity index (χ4n) is 6.73. The Morgan fingerprint density at radius 3 is 2.23 bits per heavy atom. The number of aromatic nitrogens is 2. The fraction of sp³-hybridized carbons (Fsp3) is 0.417. The molecule has 4 saturated carbocycles. The maximum atomic E-state index is 13.9. The highest BCUT2D eigenvalue weighted by atomic mass is 19.2. The second-order valence-electron chi connectivity index (χ2n) is 9.71. The summed E-state index contributed by atoms with van der Waals surface area (Å²) in [5.74, 6) is -1.85. The number of halogens is 3. The van der Waals surface area contributed by atoms with Gasteiger partial charge in [0.05, 0.1) is 11.8 Å². The van der Waals surface area contributed by atoms with E-state index < -0.39 is 17.5 Å². The van der Waals surface area contributed by atoms with Crippen LogP contribution in [0.15, 0.2) is 36.5 Å². The molecule has 0 saturated heterocycles. The number of fused-ring (bicyclic) bond motifs is 1. The Kier molecular flexibility index (Phi) is 4.01. The quantitative estimate of drug-likeness (QED) is 0.469. The van der Waals surface area contributed by atoms with Gasteiger partial charge in [0.2, 0.25) is 5.69 Å². The van der Waals surface area contributed by atoms with Crippen LogP contribution in [0.5, 0.6) is 0 Å². The Hall–Kier alpha value is -2.83. The van der Waals surface area contributed by atoms with Crippen LogP contribution in [-0.2, 0) is 0 Å². The number of nitrogens with zero attached hydrogens (tertiary/aromatic N) is 1. The van der Waals surface area contributed by atoms with Gasteiger partial charge < -0.3 is 5.32 Å². The number of benzene rings is 1. The van der Waals surface area contributed by atoms with Crippen LogP contribution in [0.3, 0.4) is 0 Å². The first kappa shape index (κ1) is 18.9. The second kappa shape index (κ2) is 6.58. The first-order chi connectivity index (χ1) is 14.9. The number of hydrogen-bond acceptors (Lipinski definition) is 1. The predicted molar refractivity (Wildman–Crippen MR) is 108 cm³/mol. The van der Waals surface area contributed by atoms with Crippen molar-refractivity contribution in [1.29, 1.82) is 0 Å². The number of aromatic amines is 1. The van der Waals surface area contributed by atoms with Crippen molar-refractivity contribution < 1.29 is 22.4 Å². The van der Waals surface area contributed by atoms with E-state index in [1.807, 2.05) is 0 Å². The first-order valence-corrected chi connectivity index (χ1v) is 10.9. The summed E-state index contributed by atoms with van der Waals surface area (Å²) in [6.45, 7) is 0. The number of nitrogens with one attached hydrogen (secondary N) is 2. The molecule has 0 aliphatic heterocycles. The molecular formula is C24H23F3N3O+. The molecule has 7 rings (SSSR count). The summed E-state index contributed by atoms with van der Waals surface area (Å²) >= 11 is 0. The lowest BCUT2D eigenvalue weighted by Crippen LogP contribution is -2.59. The van der Waals surface area contributed by atoms with Gasteiger partial charge in [0, 0.05) is 5.54 Å². The average molecular weight is 426 g/mol. The number of hydrogen-bond donors (Lipinski definition) is 2. The van der Waals surface area contributed by atoms with E-state index in [9.17, 15) is 18.0 Å². The SMILES string of the molecule is O=C(NC12CC3CC(CC(C3)C1)C2)c1[nH]c(-c2cc(F)c(F)c(F)c2)[n+]2ccccc12. The Morgan fingerprint density at radius 1 is 1.00 bits per heavy atom. The van der Waals surface area contributed by atoms with Gasteiger partial charge in [0.15, 0.2) is 23.0 Å². The third-order valence-corrected chi connectivity index (χ3v) is 7.50. The summed E-state index contributed by atoms with van der Waals surface area (Å²) in [4.78, 5) is 16.5. The van der Waals surface area contributed by atoms with Crippen LogP contribution in [0.2, 0.25) is 0 Å². The Balaban J connectivity index is 1.39. The molecule has 31 heavy (non-hydrogen) atoms. The van der Waals surface area contributed by atoms with Crippen molar-refractivity contribution in [3.63, 3.8) is 0 Å². The van der Waals surface area contributed by atoms with Gasteiger partial charge in [-0.25, -0.2) is 18.2 Å². The van der Waals surface area contributed by atoms with Crippen LogP contribution in [0, 0.1) is 35.2 Å². The Bertz CT molecular complexity index is 1160. The van der Waals surface area contributed by atoms with Gasteiger partial charge in [0.25, 0.3) is 11.7 Å². The van der Waals surface area contributed by atoms with Crippen LogP contribution in [0.25, 0.3) is 16.9 Å². The molecule has 1 aromatic carbocycles. The van der Waals surface area contributed by atoms with Gasteiger partial charge in [-0.15, -0.1) is 0 Å². The molecule has 2 heterocycles. The molecule has 4 aliphatic carbocycles. The van der Waals surface area contributed by atoms with E-state index in [1.165, 1.54) is 19.3 Å².